The van der Waals surface area contributed by atoms with Crippen molar-refractivity contribution in [1.29, 1.82) is 0 Å². The normalized spacial score (nSPS) is 21.9. The molecule has 0 radical (unpaired) electrons. The number of nitrogens with zero attached hydrogens (tertiary/aromatic N) is 4. The third kappa shape index (κ3) is 2.70. The van der Waals surface area contributed by atoms with Crippen LogP contribution in [-0.2, 0) is 4.74 Å². The van der Waals surface area contributed by atoms with E-state index in [4.69, 9.17) is 22.1 Å². The maximum Gasteiger partial charge on any atom is 0.231 e. The van der Waals surface area contributed by atoms with Crippen molar-refractivity contribution in [2.24, 2.45) is 0 Å². The van der Waals surface area contributed by atoms with Crippen LogP contribution in [0.5, 0.6) is 0 Å². The van der Waals surface area contributed by atoms with Crippen LogP contribution in [0.1, 0.15) is 13.3 Å². The third-order valence-electron chi connectivity index (χ3n) is 2.35. The molecule has 88 valence electrons. The first-order valence-electron chi connectivity index (χ1n) is 5.19. The smallest absolute Gasteiger partial charge is 0.231 e. The number of hydrogen-bond acceptors (Lipinski definition) is 6. The summed E-state index contributed by atoms with van der Waals surface area (Å²) in [5.41, 5.74) is 5.54. The van der Waals surface area contributed by atoms with Gasteiger partial charge in [-0.25, -0.2) is 0 Å². The van der Waals surface area contributed by atoms with Crippen molar-refractivity contribution in [3.8, 4) is 0 Å². The Morgan fingerprint density at radius 1 is 1.44 bits per heavy atom. The van der Waals surface area contributed by atoms with E-state index in [-0.39, 0.29) is 17.3 Å². The highest BCUT2D eigenvalue weighted by Crippen LogP contribution is 2.15. The van der Waals surface area contributed by atoms with Crippen LogP contribution in [0.15, 0.2) is 0 Å². The molecule has 0 aliphatic carbocycles. The van der Waals surface area contributed by atoms with Gasteiger partial charge in [-0.1, -0.05) is 0 Å². The number of nitrogen functional groups attached to an aromatic ring is 1. The van der Waals surface area contributed by atoms with E-state index in [0.29, 0.717) is 5.95 Å². The van der Waals surface area contributed by atoms with E-state index in [1.54, 1.807) is 0 Å². The Morgan fingerprint density at radius 2 is 2.25 bits per heavy atom. The molecule has 1 aliphatic heterocycles. The van der Waals surface area contributed by atoms with Gasteiger partial charge in [0.2, 0.25) is 17.2 Å². The molecule has 1 saturated heterocycles. The number of hydrogen-bond donors (Lipinski definition) is 1. The van der Waals surface area contributed by atoms with Crippen molar-refractivity contribution in [2.45, 2.75) is 19.4 Å². The summed E-state index contributed by atoms with van der Waals surface area (Å²) in [6.45, 7) is 4.35. The molecule has 0 saturated carbocycles. The Hall–Kier alpha value is -1.14. The molecule has 1 fully saturated rings. The maximum absolute atomic E-state index is 5.75. The van der Waals surface area contributed by atoms with Gasteiger partial charge in [-0.15, -0.1) is 0 Å². The quantitative estimate of drug-likeness (QED) is 0.783. The average molecular weight is 244 g/mol. The Balaban J connectivity index is 2.21. The molecule has 0 aromatic carbocycles. The second-order valence-corrected chi connectivity index (χ2v) is 4.08. The van der Waals surface area contributed by atoms with Crippen molar-refractivity contribution >= 4 is 23.5 Å². The second-order valence-electron chi connectivity index (χ2n) is 3.74. The first kappa shape index (κ1) is 11.3. The van der Waals surface area contributed by atoms with E-state index in [2.05, 4.69) is 15.0 Å². The van der Waals surface area contributed by atoms with E-state index in [1.807, 2.05) is 11.8 Å². The van der Waals surface area contributed by atoms with Crippen molar-refractivity contribution in [2.75, 3.05) is 30.3 Å². The molecule has 0 spiro atoms. The summed E-state index contributed by atoms with van der Waals surface area (Å²) in [7, 11) is 0. The number of anilines is 2. The summed E-state index contributed by atoms with van der Waals surface area (Å²) in [6, 6.07) is 0. The van der Waals surface area contributed by atoms with Gasteiger partial charge in [0.1, 0.15) is 0 Å². The molecular weight excluding hydrogens is 230 g/mol. The Morgan fingerprint density at radius 3 is 3.00 bits per heavy atom. The fourth-order valence-corrected chi connectivity index (χ4v) is 1.83. The van der Waals surface area contributed by atoms with Crippen LogP contribution in [0.2, 0.25) is 5.28 Å². The molecule has 6 nitrogen and oxygen atoms in total. The summed E-state index contributed by atoms with van der Waals surface area (Å²) < 4.78 is 5.54. The predicted molar refractivity (Wildman–Crippen MR) is 61.5 cm³/mol. The average Bonchev–Trinajstić information content (AvgIpc) is 2.41. The number of rotatable bonds is 1. The fourth-order valence-electron chi connectivity index (χ4n) is 1.67. The van der Waals surface area contributed by atoms with Crippen molar-refractivity contribution in [3.05, 3.63) is 5.28 Å². The minimum atomic E-state index is 0.125. The molecule has 16 heavy (non-hydrogen) atoms. The molecule has 0 bridgehead atoms. The lowest BCUT2D eigenvalue weighted by atomic mass is 10.3. The molecule has 2 heterocycles. The molecular formula is C9H14ClN5O. The largest absolute Gasteiger partial charge is 0.377 e. The van der Waals surface area contributed by atoms with Crippen LogP contribution in [0.25, 0.3) is 0 Å². The summed E-state index contributed by atoms with van der Waals surface area (Å²) in [4.78, 5) is 13.9. The highest BCUT2D eigenvalue weighted by Gasteiger charge is 2.18. The van der Waals surface area contributed by atoms with Gasteiger partial charge in [-0.2, -0.15) is 15.0 Å². The van der Waals surface area contributed by atoms with Crippen LogP contribution < -0.4 is 10.6 Å². The molecule has 1 unspecified atom stereocenters. The van der Waals surface area contributed by atoms with E-state index in [0.717, 1.165) is 26.1 Å². The molecule has 0 amide bonds. The molecule has 1 atom stereocenters. The van der Waals surface area contributed by atoms with Crippen LogP contribution >= 0.6 is 11.6 Å². The van der Waals surface area contributed by atoms with Gasteiger partial charge >= 0.3 is 0 Å². The minimum absolute atomic E-state index is 0.125. The first-order valence-corrected chi connectivity index (χ1v) is 5.56. The van der Waals surface area contributed by atoms with Crippen molar-refractivity contribution in [3.63, 3.8) is 0 Å². The fraction of sp³-hybridized carbons (Fsp3) is 0.667. The van der Waals surface area contributed by atoms with Crippen LogP contribution in [0.3, 0.4) is 0 Å². The number of nitrogens with two attached hydrogens (primary N) is 1. The minimum Gasteiger partial charge on any atom is -0.377 e. The van der Waals surface area contributed by atoms with Crippen molar-refractivity contribution in [1.82, 2.24) is 15.0 Å². The van der Waals surface area contributed by atoms with Gasteiger partial charge in [-0.3, -0.25) is 0 Å². The summed E-state index contributed by atoms with van der Waals surface area (Å²) in [5.74, 6) is 0.669. The van der Waals surface area contributed by atoms with Crippen LogP contribution in [0.4, 0.5) is 11.9 Å². The summed E-state index contributed by atoms with van der Waals surface area (Å²) in [6.07, 6.45) is 1.09. The molecule has 7 heteroatoms. The van der Waals surface area contributed by atoms with Gasteiger partial charge in [0, 0.05) is 19.7 Å². The SMILES string of the molecule is CC1CN(c2nc(N)nc(Cl)n2)CCCO1. The zero-order chi connectivity index (χ0) is 11.5. The van der Waals surface area contributed by atoms with Gasteiger partial charge in [0.15, 0.2) is 0 Å². The Bertz CT molecular complexity index is 355. The lowest BCUT2D eigenvalue weighted by Gasteiger charge is -2.21. The maximum atomic E-state index is 5.75. The molecule has 2 N–H and O–H groups in total. The van der Waals surface area contributed by atoms with Crippen molar-refractivity contribution < 1.29 is 4.74 Å². The Kier molecular flexibility index (Phi) is 3.40. The van der Waals surface area contributed by atoms with E-state index in [9.17, 15) is 0 Å². The zero-order valence-electron chi connectivity index (χ0n) is 9.06. The molecule has 1 aromatic heterocycles. The molecule has 2 rings (SSSR count). The molecule has 1 aliphatic rings. The Labute approximate surface area is 98.8 Å². The lowest BCUT2D eigenvalue weighted by molar-refractivity contribution is 0.0820. The summed E-state index contributed by atoms with van der Waals surface area (Å²) in [5, 5.41) is 0.125. The van der Waals surface area contributed by atoms with Gasteiger partial charge in [-0.05, 0) is 24.9 Å². The number of aromatic nitrogens is 3. The topological polar surface area (TPSA) is 77.2 Å². The monoisotopic (exact) mass is 243 g/mol. The highest BCUT2D eigenvalue weighted by atomic mass is 35.5. The molecule has 1 aromatic rings. The second kappa shape index (κ2) is 4.80. The summed E-state index contributed by atoms with van der Waals surface area (Å²) >= 11 is 5.75. The lowest BCUT2D eigenvalue weighted by Crippen LogP contribution is -2.31. The number of halogens is 1. The van der Waals surface area contributed by atoms with Gasteiger partial charge in [0.25, 0.3) is 0 Å². The van der Waals surface area contributed by atoms with E-state index >= 15 is 0 Å². The highest BCUT2D eigenvalue weighted by molar-refractivity contribution is 6.28. The zero-order valence-corrected chi connectivity index (χ0v) is 9.81. The standard InChI is InChI=1S/C9H14ClN5O/c1-6-5-15(3-2-4-16-6)9-13-7(10)12-8(11)14-9/h6H,2-5H2,1H3,(H2,11,12,13,14). The van der Waals surface area contributed by atoms with Gasteiger partial charge in [0.05, 0.1) is 6.10 Å². The van der Waals surface area contributed by atoms with Crippen LogP contribution in [0, 0.1) is 0 Å². The van der Waals surface area contributed by atoms with Gasteiger partial charge < -0.3 is 15.4 Å². The van der Waals surface area contributed by atoms with E-state index in [1.165, 1.54) is 0 Å². The number of ether oxygens (including phenoxy) is 1. The van der Waals surface area contributed by atoms with Crippen LogP contribution in [-0.4, -0.2) is 40.8 Å². The first-order chi connectivity index (χ1) is 7.65. The van der Waals surface area contributed by atoms with E-state index < -0.39 is 0 Å². The third-order valence-corrected chi connectivity index (χ3v) is 2.52. The predicted octanol–water partition coefficient (Wildman–Crippen LogP) is 0.722.